The Balaban J connectivity index is 3.13. The van der Waals surface area contributed by atoms with Gasteiger partial charge in [-0.1, -0.05) is 58.9 Å². The van der Waals surface area contributed by atoms with Gasteiger partial charge in [0.1, 0.15) is 0 Å². The van der Waals surface area contributed by atoms with Crippen molar-refractivity contribution >= 4 is 0 Å². The number of aliphatic hydroxyl groups excluding tert-OH is 1. The molecule has 2 heteroatoms. The molecule has 0 aliphatic rings. The minimum Gasteiger partial charge on any atom is -0.394 e. The molecule has 0 aliphatic heterocycles. The van der Waals surface area contributed by atoms with E-state index in [4.69, 9.17) is 9.84 Å². The molecule has 1 aromatic carbocycles. The summed E-state index contributed by atoms with van der Waals surface area (Å²) >= 11 is 0. The van der Waals surface area contributed by atoms with Crippen molar-refractivity contribution in [1.82, 2.24) is 0 Å². The standard InChI is InChI=1S/C18H30O2/c1-6-15-9-7-8-10-16(15)17(13(2)3)18(14(4)5)20-12-11-19/h7-10,13-14,17-19H,6,11-12H2,1-5H3. The van der Waals surface area contributed by atoms with Crippen LogP contribution in [0.3, 0.4) is 0 Å². The molecule has 20 heavy (non-hydrogen) atoms. The maximum absolute atomic E-state index is 9.06. The zero-order valence-corrected chi connectivity index (χ0v) is 13.6. The average Bonchev–Trinajstić information content (AvgIpc) is 2.42. The van der Waals surface area contributed by atoms with Crippen LogP contribution in [0.5, 0.6) is 0 Å². The second kappa shape index (κ2) is 8.43. The number of benzene rings is 1. The summed E-state index contributed by atoms with van der Waals surface area (Å²) < 4.78 is 5.98. The highest BCUT2D eigenvalue weighted by Crippen LogP contribution is 2.35. The van der Waals surface area contributed by atoms with Crippen LogP contribution >= 0.6 is 0 Å². The Hall–Kier alpha value is -0.860. The van der Waals surface area contributed by atoms with Gasteiger partial charge in [-0.2, -0.15) is 0 Å². The van der Waals surface area contributed by atoms with Crippen molar-refractivity contribution in [3.8, 4) is 0 Å². The highest BCUT2D eigenvalue weighted by molar-refractivity contribution is 5.32. The van der Waals surface area contributed by atoms with E-state index in [0.717, 1.165) is 6.42 Å². The molecule has 1 N–H and O–H groups in total. The topological polar surface area (TPSA) is 29.5 Å². The molecule has 0 saturated heterocycles. The van der Waals surface area contributed by atoms with E-state index in [2.05, 4.69) is 58.9 Å². The van der Waals surface area contributed by atoms with Crippen LogP contribution in [0.4, 0.5) is 0 Å². The Morgan fingerprint density at radius 2 is 1.70 bits per heavy atom. The molecule has 0 amide bonds. The Morgan fingerprint density at radius 3 is 2.20 bits per heavy atom. The molecule has 2 nitrogen and oxygen atoms in total. The zero-order chi connectivity index (χ0) is 15.1. The maximum Gasteiger partial charge on any atom is 0.0701 e. The number of aliphatic hydroxyl groups is 1. The fraction of sp³-hybridized carbons (Fsp3) is 0.667. The van der Waals surface area contributed by atoms with Crippen LogP contribution < -0.4 is 0 Å². The highest BCUT2D eigenvalue weighted by Gasteiger charge is 2.30. The van der Waals surface area contributed by atoms with Crippen LogP contribution in [0.25, 0.3) is 0 Å². The maximum atomic E-state index is 9.06. The second-order valence-electron chi connectivity index (χ2n) is 6.13. The van der Waals surface area contributed by atoms with Gasteiger partial charge in [0.2, 0.25) is 0 Å². The van der Waals surface area contributed by atoms with E-state index in [-0.39, 0.29) is 12.7 Å². The van der Waals surface area contributed by atoms with Crippen LogP contribution in [0.1, 0.15) is 51.7 Å². The zero-order valence-electron chi connectivity index (χ0n) is 13.6. The second-order valence-corrected chi connectivity index (χ2v) is 6.13. The van der Waals surface area contributed by atoms with Gasteiger partial charge in [-0.3, -0.25) is 0 Å². The smallest absolute Gasteiger partial charge is 0.0701 e. The molecule has 1 rings (SSSR count). The van der Waals surface area contributed by atoms with Crippen molar-refractivity contribution in [2.75, 3.05) is 13.2 Å². The number of rotatable bonds is 8. The highest BCUT2D eigenvalue weighted by atomic mass is 16.5. The summed E-state index contributed by atoms with van der Waals surface area (Å²) in [5.74, 6) is 1.31. The Morgan fingerprint density at radius 1 is 1.05 bits per heavy atom. The number of hydrogen-bond donors (Lipinski definition) is 1. The molecule has 0 aliphatic carbocycles. The Kier molecular flexibility index (Phi) is 7.25. The minimum absolute atomic E-state index is 0.0868. The lowest BCUT2D eigenvalue weighted by Gasteiger charge is -2.34. The summed E-state index contributed by atoms with van der Waals surface area (Å²) in [5.41, 5.74) is 2.81. The molecule has 0 heterocycles. The Labute approximate surface area is 124 Å². The lowest BCUT2D eigenvalue weighted by Crippen LogP contribution is -2.32. The molecule has 114 valence electrons. The minimum atomic E-state index is 0.0868. The van der Waals surface area contributed by atoms with Gasteiger partial charge >= 0.3 is 0 Å². The van der Waals surface area contributed by atoms with Crippen LogP contribution in [0, 0.1) is 11.8 Å². The van der Waals surface area contributed by atoms with Gasteiger partial charge in [0.05, 0.1) is 19.3 Å². The molecule has 0 spiro atoms. The molecule has 2 unspecified atom stereocenters. The average molecular weight is 278 g/mol. The number of hydrogen-bond acceptors (Lipinski definition) is 2. The van der Waals surface area contributed by atoms with Crippen molar-refractivity contribution in [1.29, 1.82) is 0 Å². The molecule has 1 aromatic rings. The number of ether oxygens (including phenoxy) is 1. The van der Waals surface area contributed by atoms with Crippen LogP contribution in [-0.2, 0) is 11.2 Å². The largest absolute Gasteiger partial charge is 0.394 e. The first kappa shape index (κ1) is 17.2. The lowest BCUT2D eigenvalue weighted by atomic mass is 9.77. The summed E-state index contributed by atoms with van der Waals surface area (Å²) in [6.45, 7) is 11.6. The Bertz CT molecular complexity index is 385. The van der Waals surface area contributed by atoms with Crippen molar-refractivity contribution in [2.45, 2.75) is 53.1 Å². The molecule has 0 radical (unpaired) electrons. The summed E-state index contributed by atoms with van der Waals surface area (Å²) in [5, 5.41) is 9.06. The van der Waals surface area contributed by atoms with Crippen LogP contribution in [0.15, 0.2) is 24.3 Å². The van der Waals surface area contributed by atoms with Gasteiger partial charge in [0.25, 0.3) is 0 Å². The summed E-state index contributed by atoms with van der Waals surface area (Å²) in [7, 11) is 0. The van der Waals surface area contributed by atoms with Gasteiger partial charge in [-0.15, -0.1) is 0 Å². The van der Waals surface area contributed by atoms with E-state index in [0.29, 0.717) is 24.4 Å². The van der Waals surface area contributed by atoms with E-state index >= 15 is 0 Å². The predicted octanol–water partition coefficient (Wildman–Crippen LogP) is 4.02. The van der Waals surface area contributed by atoms with Gasteiger partial charge in [0, 0.05) is 5.92 Å². The fourth-order valence-corrected chi connectivity index (χ4v) is 3.00. The molecule has 2 atom stereocenters. The third kappa shape index (κ3) is 4.32. The summed E-state index contributed by atoms with van der Waals surface area (Å²) in [4.78, 5) is 0. The molecular weight excluding hydrogens is 248 g/mol. The van der Waals surface area contributed by atoms with Crippen LogP contribution in [0.2, 0.25) is 0 Å². The lowest BCUT2D eigenvalue weighted by molar-refractivity contribution is -0.0217. The van der Waals surface area contributed by atoms with Crippen molar-refractivity contribution in [2.24, 2.45) is 11.8 Å². The van der Waals surface area contributed by atoms with Gasteiger partial charge in [0.15, 0.2) is 0 Å². The summed E-state index contributed by atoms with van der Waals surface area (Å²) in [6.07, 6.45) is 1.19. The summed E-state index contributed by atoms with van der Waals surface area (Å²) in [6, 6.07) is 8.68. The number of aryl methyl sites for hydroxylation is 1. The fourth-order valence-electron chi connectivity index (χ4n) is 3.00. The van der Waals surface area contributed by atoms with Crippen molar-refractivity contribution < 1.29 is 9.84 Å². The monoisotopic (exact) mass is 278 g/mol. The van der Waals surface area contributed by atoms with Crippen molar-refractivity contribution in [3.63, 3.8) is 0 Å². The van der Waals surface area contributed by atoms with E-state index < -0.39 is 0 Å². The molecule has 0 fully saturated rings. The third-order valence-corrected chi connectivity index (χ3v) is 3.93. The van der Waals surface area contributed by atoms with E-state index in [1.165, 1.54) is 11.1 Å². The normalized spacial score (nSPS) is 14.8. The third-order valence-electron chi connectivity index (χ3n) is 3.93. The molecular formula is C18H30O2. The molecule has 0 saturated carbocycles. The first-order valence-electron chi connectivity index (χ1n) is 7.83. The van der Waals surface area contributed by atoms with Gasteiger partial charge < -0.3 is 9.84 Å². The van der Waals surface area contributed by atoms with E-state index in [1.807, 2.05) is 0 Å². The molecule has 0 bridgehead atoms. The SMILES string of the molecule is CCc1ccccc1C(C(C)C)C(OCCO)C(C)C. The van der Waals surface area contributed by atoms with Gasteiger partial charge in [-0.05, 0) is 29.4 Å². The van der Waals surface area contributed by atoms with Crippen molar-refractivity contribution in [3.05, 3.63) is 35.4 Å². The first-order chi connectivity index (χ1) is 9.52. The van der Waals surface area contributed by atoms with E-state index in [9.17, 15) is 0 Å². The van der Waals surface area contributed by atoms with Crippen LogP contribution in [-0.4, -0.2) is 24.4 Å². The van der Waals surface area contributed by atoms with E-state index in [1.54, 1.807) is 0 Å². The first-order valence-corrected chi connectivity index (χ1v) is 7.83. The quantitative estimate of drug-likeness (QED) is 0.778. The predicted molar refractivity (Wildman–Crippen MR) is 85.1 cm³/mol. The van der Waals surface area contributed by atoms with Gasteiger partial charge in [-0.25, -0.2) is 0 Å². The molecule has 0 aromatic heterocycles.